The molecule has 2 nitrogen and oxygen atoms in total. The van der Waals surface area contributed by atoms with E-state index in [0.29, 0.717) is 17.3 Å². The predicted molar refractivity (Wildman–Crippen MR) is 73.9 cm³/mol. The maximum absolute atomic E-state index is 11.0. The third-order valence-electron chi connectivity index (χ3n) is 2.60. The van der Waals surface area contributed by atoms with Gasteiger partial charge in [-0.3, -0.25) is 0 Å². The van der Waals surface area contributed by atoms with Gasteiger partial charge in [-0.15, -0.1) is 11.6 Å². The van der Waals surface area contributed by atoms with Gasteiger partial charge in [0.15, 0.2) is 0 Å². The van der Waals surface area contributed by atoms with Crippen molar-refractivity contribution in [3.05, 3.63) is 34.9 Å². The number of alkyl halides is 1. The molecule has 0 fully saturated rings. The standard InChI is InChI=1S/C12H16Cl2O2S/c1-17(15,16)8-2-3-11(9-13)10-4-6-12(14)7-5-10/h4-7,11H,2-3,8-9H2,1H3. The quantitative estimate of drug-likeness (QED) is 0.753. The van der Waals surface area contributed by atoms with Crippen molar-refractivity contribution in [2.45, 2.75) is 18.8 Å². The molecule has 1 atom stereocenters. The van der Waals surface area contributed by atoms with E-state index in [-0.39, 0.29) is 11.7 Å². The van der Waals surface area contributed by atoms with Crippen LogP contribution < -0.4 is 0 Å². The number of sulfone groups is 1. The Morgan fingerprint density at radius 3 is 2.29 bits per heavy atom. The topological polar surface area (TPSA) is 34.1 Å². The van der Waals surface area contributed by atoms with Gasteiger partial charge in [0.1, 0.15) is 9.84 Å². The van der Waals surface area contributed by atoms with E-state index in [4.69, 9.17) is 23.2 Å². The highest BCUT2D eigenvalue weighted by Crippen LogP contribution is 2.24. The van der Waals surface area contributed by atoms with Crippen LogP contribution in [0.5, 0.6) is 0 Å². The van der Waals surface area contributed by atoms with E-state index >= 15 is 0 Å². The second-order valence-electron chi connectivity index (χ2n) is 4.17. The first kappa shape index (κ1) is 14.8. The van der Waals surface area contributed by atoms with Crippen LogP contribution >= 0.6 is 23.2 Å². The van der Waals surface area contributed by atoms with Crippen LogP contribution in [0.4, 0.5) is 0 Å². The number of benzene rings is 1. The van der Waals surface area contributed by atoms with Gasteiger partial charge in [0.05, 0.1) is 0 Å². The van der Waals surface area contributed by atoms with E-state index in [2.05, 4.69) is 0 Å². The van der Waals surface area contributed by atoms with E-state index < -0.39 is 9.84 Å². The minimum absolute atomic E-state index is 0.190. The van der Waals surface area contributed by atoms with Crippen LogP contribution in [0.25, 0.3) is 0 Å². The molecular formula is C12H16Cl2O2S. The maximum Gasteiger partial charge on any atom is 0.147 e. The molecule has 0 N–H and O–H groups in total. The van der Waals surface area contributed by atoms with Gasteiger partial charge in [0, 0.05) is 22.9 Å². The van der Waals surface area contributed by atoms with Crippen LogP contribution in [0.1, 0.15) is 24.3 Å². The molecule has 1 rings (SSSR count). The normalized spacial score (nSPS) is 13.6. The Labute approximate surface area is 113 Å². The van der Waals surface area contributed by atoms with E-state index in [1.54, 1.807) is 0 Å². The summed E-state index contributed by atoms with van der Waals surface area (Å²) in [4.78, 5) is 0. The average molecular weight is 295 g/mol. The minimum Gasteiger partial charge on any atom is -0.229 e. The lowest BCUT2D eigenvalue weighted by atomic mass is 9.96. The highest BCUT2D eigenvalue weighted by molar-refractivity contribution is 7.90. The molecule has 0 aliphatic carbocycles. The molecule has 1 aromatic carbocycles. The lowest BCUT2D eigenvalue weighted by Gasteiger charge is -2.13. The molecule has 0 saturated carbocycles. The highest BCUT2D eigenvalue weighted by Gasteiger charge is 2.11. The monoisotopic (exact) mass is 294 g/mol. The Morgan fingerprint density at radius 2 is 1.82 bits per heavy atom. The molecule has 0 saturated heterocycles. The van der Waals surface area contributed by atoms with Crippen molar-refractivity contribution in [3.8, 4) is 0 Å². The average Bonchev–Trinajstić information content (AvgIpc) is 2.24. The first-order valence-electron chi connectivity index (χ1n) is 5.41. The molecule has 1 aromatic rings. The molecule has 96 valence electrons. The fourth-order valence-electron chi connectivity index (χ4n) is 1.66. The summed E-state index contributed by atoms with van der Waals surface area (Å²) in [5, 5.41) is 0.693. The van der Waals surface area contributed by atoms with Crippen LogP contribution in [0.2, 0.25) is 5.02 Å². The number of hydrogen-bond donors (Lipinski definition) is 0. The molecule has 0 aliphatic heterocycles. The molecule has 1 unspecified atom stereocenters. The van der Waals surface area contributed by atoms with Crippen molar-refractivity contribution in [3.63, 3.8) is 0 Å². The van der Waals surface area contributed by atoms with Crippen LogP contribution in [0.3, 0.4) is 0 Å². The number of rotatable bonds is 6. The molecule has 17 heavy (non-hydrogen) atoms. The van der Waals surface area contributed by atoms with Crippen molar-refractivity contribution in [1.82, 2.24) is 0 Å². The van der Waals surface area contributed by atoms with Gasteiger partial charge in [0.2, 0.25) is 0 Å². The van der Waals surface area contributed by atoms with Crippen molar-refractivity contribution < 1.29 is 8.42 Å². The van der Waals surface area contributed by atoms with Crippen LogP contribution in [-0.4, -0.2) is 26.3 Å². The third kappa shape index (κ3) is 5.75. The predicted octanol–water partition coefficient (Wildman–Crippen LogP) is 3.49. The second-order valence-corrected chi connectivity index (χ2v) is 7.18. The zero-order valence-electron chi connectivity index (χ0n) is 9.70. The number of hydrogen-bond acceptors (Lipinski definition) is 2. The molecule has 0 aromatic heterocycles. The molecule has 5 heteroatoms. The van der Waals surface area contributed by atoms with Gasteiger partial charge >= 0.3 is 0 Å². The zero-order chi connectivity index (χ0) is 12.9. The van der Waals surface area contributed by atoms with Gasteiger partial charge in [0.25, 0.3) is 0 Å². The van der Waals surface area contributed by atoms with E-state index in [1.807, 2.05) is 24.3 Å². The van der Waals surface area contributed by atoms with Gasteiger partial charge < -0.3 is 0 Å². The lowest BCUT2D eigenvalue weighted by molar-refractivity contribution is 0.592. The second kappa shape index (κ2) is 6.62. The Hall–Kier alpha value is -0.250. The van der Waals surface area contributed by atoms with Crippen molar-refractivity contribution >= 4 is 33.0 Å². The summed E-state index contributed by atoms with van der Waals surface area (Å²) >= 11 is 11.7. The summed E-state index contributed by atoms with van der Waals surface area (Å²) in [6.45, 7) is 0. The fraction of sp³-hybridized carbons (Fsp3) is 0.500. The Morgan fingerprint density at radius 1 is 1.24 bits per heavy atom. The first-order valence-corrected chi connectivity index (χ1v) is 8.39. The summed E-state index contributed by atoms with van der Waals surface area (Å²) in [7, 11) is -2.88. The molecule has 0 heterocycles. The summed E-state index contributed by atoms with van der Waals surface area (Å²) in [6, 6.07) is 7.53. The Bertz CT molecular complexity index is 440. The highest BCUT2D eigenvalue weighted by atomic mass is 35.5. The SMILES string of the molecule is CS(=O)(=O)CCCC(CCl)c1ccc(Cl)cc1. The summed E-state index contributed by atoms with van der Waals surface area (Å²) in [6.07, 6.45) is 2.67. The van der Waals surface area contributed by atoms with Gasteiger partial charge in [-0.2, -0.15) is 0 Å². The third-order valence-corrected chi connectivity index (χ3v) is 4.25. The van der Waals surface area contributed by atoms with Crippen molar-refractivity contribution in [1.29, 1.82) is 0 Å². The molecule has 0 bridgehead atoms. The first-order chi connectivity index (χ1) is 7.92. The van der Waals surface area contributed by atoms with Gasteiger partial charge in [-0.25, -0.2) is 8.42 Å². The van der Waals surface area contributed by atoms with E-state index in [1.165, 1.54) is 6.26 Å². The van der Waals surface area contributed by atoms with Gasteiger partial charge in [-0.05, 0) is 36.5 Å². The molecular weight excluding hydrogens is 279 g/mol. The van der Waals surface area contributed by atoms with E-state index in [0.717, 1.165) is 12.0 Å². The Kier molecular flexibility index (Phi) is 5.77. The largest absolute Gasteiger partial charge is 0.229 e. The molecule has 0 amide bonds. The van der Waals surface area contributed by atoms with Gasteiger partial charge in [-0.1, -0.05) is 23.7 Å². The van der Waals surface area contributed by atoms with Crippen molar-refractivity contribution in [2.24, 2.45) is 0 Å². The fourth-order valence-corrected chi connectivity index (χ4v) is 2.81. The lowest BCUT2D eigenvalue weighted by Crippen LogP contribution is -2.07. The molecule has 0 radical (unpaired) electrons. The summed E-state index contributed by atoms with van der Waals surface area (Å²) in [5.41, 5.74) is 1.11. The maximum atomic E-state index is 11.0. The summed E-state index contributed by atoms with van der Waals surface area (Å²) < 4.78 is 22.1. The van der Waals surface area contributed by atoms with Crippen LogP contribution in [-0.2, 0) is 9.84 Å². The summed E-state index contributed by atoms with van der Waals surface area (Å²) in [5.74, 6) is 0.898. The van der Waals surface area contributed by atoms with Crippen molar-refractivity contribution in [2.75, 3.05) is 17.9 Å². The van der Waals surface area contributed by atoms with Crippen LogP contribution in [0.15, 0.2) is 24.3 Å². The smallest absolute Gasteiger partial charge is 0.147 e. The zero-order valence-corrected chi connectivity index (χ0v) is 12.0. The van der Waals surface area contributed by atoms with E-state index in [9.17, 15) is 8.42 Å². The molecule has 0 aliphatic rings. The molecule has 0 spiro atoms. The van der Waals surface area contributed by atoms with Crippen LogP contribution in [0, 0.1) is 0 Å². The minimum atomic E-state index is -2.88. The number of halogens is 2. The Balaban J connectivity index is 2.57.